The number of urea groups is 1. The van der Waals surface area contributed by atoms with Crippen LogP contribution in [-0.2, 0) is 10.8 Å². The Hall–Kier alpha value is -1.48. The molecule has 1 rings (SSSR count). The van der Waals surface area contributed by atoms with E-state index in [-0.39, 0.29) is 10.9 Å². The van der Waals surface area contributed by atoms with E-state index in [1.807, 2.05) is 0 Å². The summed E-state index contributed by atoms with van der Waals surface area (Å²) in [5.41, 5.74) is -0.0333. The number of aromatic nitrogens is 1. The summed E-state index contributed by atoms with van der Waals surface area (Å²) in [6.07, 6.45) is 1.58. The Labute approximate surface area is 123 Å². The van der Waals surface area contributed by atoms with E-state index in [0.717, 1.165) is 0 Å². The van der Waals surface area contributed by atoms with Gasteiger partial charge in [0.2, 0.25) is 0 Å². The second kappa shape index (κ2) is 7.34. The van der Waals surface area contributed by atoms with Crippen molar-refractivity contribution in [1.82, 2.24) is 15.6 Å². The van der Waals surface area contributed by atoms with Crippen LogP contribution in [0.25, 0.3) is 0 Å². The summed E-state index contributed by atoms with van der Waals surface area (Å²) in [6.45, 7) is 3.80. The maximum absolute atomic E-state index is 11.6. The van der Waals surface area contributed by atoms with Gasteiger partial charge in [0.15, 0.2) is 5.69 Å². The second-order valence-electron chi connectivity index (χ2n) is 4.26. The molecule has 0 aliphatic heterocycles. The lowest BCUT2D eigenvalue weighted by Crippen LogP contribution is -2.40. The average Bonchev–Trinajstić information content (AvgIpc) is 2.85. The van der Waals surface area contributed by atoms with Gasteiger partial charge >= 0.3 is 12.0 Å². The van der Waals surface area contributed by atoms with E-state index in [1.54, 1.807) is 20.1 Å². The number of amides is 2. The maximum atomic E-state index is 11.6. The molecule has 20 heavy (non-hydrogen) atoms. The number of hydrogen-bond donors (Lipinski definition) is 3. The van der Waals surface area contributed by atoms with E-state index in [1.165, 1.54) is 16.7 Å². The molecule has 0 saturated carbocycles. The molecule has 0 bridgehead atoms. The molecule has 0 radical (unpaired) electrons. The lowest BCUT2D eigenvalue weighted by molar-refractivity contribution is 0.0691. The molecule has 1 aromatic rings. The standard InChI is InChI=1S/C11H17N3O4S2/c1-6(20(3)18)4-12-11(17)13-7(2)9-14-8(5-19-9)10(15)16/h5-7H,4H2,1-3H3,(H,15,16)(H2,12,13,17). The van der Waals surface area contributed by atoms with Crippen molar-refractivity contribution in [3.8, 4) is 0 Å². The minimum absolute atomic E-state index is 0.0333. The normalized spacial score (nSPS) is 15.2. The summed E-state index contributed by atoms with van der Waals surface area (Å²) >= 11 is 1.17. The molecule has 3 unspecified atom stereocenters. The Morgan fingerprint density at radius 1 is 1.50 bits per heavy atom. The molecule has 7 nitrogen and oxygen atoms in total. The number of hydrogen-bond acceptors (Lipinski definition) is 5. The van der Waals surface area contributed by atoms with Gasteiger partial charge in [-0.3, -0.25) is 4.21 Å². The highest BCUT2D eigenvalue weighted by Gasteiger charge is 2.16. The molecule has 0 fully saturated rings. The van der Waals surface area contributed by atoms with Crippen LogP contribution in [0.3, 0.4) is 0 Å². The van der Waals surface area contributed by atoms with Crippen LogP contribution in [0.5, 0.6) is 0 Å². The van der Waals surface area contributed by atoms with Gasteiger partial charge in [0.1, 0.15) is 5.01 Å². The number of carbonyl (C=O) groups is 2. The lowest BCUT2D eigenvalue weighted by Gasteiger charge is -2.14. The first kappa shape index (κ1) is 16.6. The maximum Gasteiger partial charge on any atom is 0.355 e. The fourth-order valence-electron chi connectivity index (χ4n) is 1.25. The van der Waals surface area contributed by atoms with E-state index in [2.05, 4.69) is 15.6 Å². The summed E-state index contributed by atoms with van der Waals surface area (Å²) in [5.74, 6) is -1.09. The minimum atomic E-state index is -1.09. The summed E-state index contributed by atoms with van der Waals surface area (Å²) in [5, 5.41) is 15.8. The molecule has 1 aromatic heterocycles. The molecule has 3 N–H and O–H groups in total. The number of aromatic carboxylic acids is 1. The molecule has 112 valence electrons. The zero-order chi connectivity index (χ0) is 15.3. The monoisotopic (exact) mass is 319 g/mol. The third-order valence-corrected chi connectivity index (χ3v) is 4.90. The molecule has 0 spiro atoms. The first-order chi connectivity index (χ1) is 9.31. The molecule has 0 saturated heterocycles. The van der Waals surface area contributed by atoms with Crippen molar-refractivity contribution in [3.05, 3.63) is 16.1 Å². The largest absolute Gasteiger partial charge is 0.476 e. The Morgan fingerprint density at radius 2 is 2.15 bits per heavy atom. The first-order valence-electron chi connectivity index (χ1n) is 5.86. The van der Waals surface area contributed by atoms with Crippen molar-refractivity contribution >= 4 is 34.1 Å². The van der Waals surface area contributed by atoms with Crippen LogP contribution in [0.2, 0.25) is 0 Å². The van der Waals surface area contributed by atoms with Gasteiger partial charge in [0.25, 0.3) is 0 Å². The Kier molecular flexibility index (Phi) is 6.08. The lowest BCUT2D eigenvalue weighted by atomic mass is 10.3. The van der Waals surface area contributed by atoms with Gasteiger partial charge in [-0.25, -0.2) is 14.6 Å². The van der Waals surface area contributed by atoms with Gasteiger partial charge in [0, 0.05) is 34.2 Å². The van der Waals surface area contributed by atoms with Crippen LogP contribution in [-0.4, -0.2) is 44.4 Å². The fraction of sp³-hybridized carbons (Fsp3) is 0.545. The predicted molar refractivity (Wildman–Crippen MR) is 77.6 cm³/mol. The van der Waals surface area contributed by atoms with Crippen LogP contribution in [0.1, 0.15) is 35.4 Å². The van der Waals surface area contributed by atoms with Gasteiger partial charge in [-0.05, 0) is 13.8 Å². The number of nitrogens with zero attached hydrogens (tertiary/aromatic N) is 1. The van der Waals surface area contributed by atoms with E-state index >= 15 is 0 Å². The third-order valence-electron chi connectivity index (χ3n) is 2.58. The highest BCUT2D eigenvalue weighted by atomic mass is 32.2. The van der Waals surface area contributed by atoms with Gasteiger partial charge in [-0.1, -0.05) is 0 Å². The van der Waals surface area contributed by atoms with Crippen molar-refractivity contribution in [2.24, 2.45) is 0 Å². The summed E-state index contributed by atoms with van der Waals surface area (Å²) < 4.78 is 11.1. The number of carboxylic acids is 1. The zero-order valence-electron chi connectivity index (χ0n) is 11.4. The van der Waals surface area contributed by atoms with Crippen molar-refractivity contribution in [3.63, 3.8) is 0 Å². The van der Waals surface area contributed by atoms with Crippen LogP contribution >= 0.6 is 11.3 Å². The molecule has 1 heterocycles. The van der Waals surface area contributed by atoms with Crippen molar-refractivity contribution in [1.29, 1.82) is 0 Å². The molecular formula is C11H17N3O4S2. The van der Waals surface area contributed by atoms with Gasteiger partial charge in [-0.2, -0.15) is 0 Å². The van der Waals surface area contributed by atoms with Crippen LogP contribution in [0.4, 0.5) is 4.79 Å². The molecule has 9 heteroatoms. The van der Waals surface area contributed by atoms with E-state index in [9.17, 15) is 13.8 Å². The Balaban J connectivity index is 2.48. The van der Waals surface area contributed by atoms with Crippen molar-refractivity contribution < 1.29 is 18.9 Å². The average molecular weight is 319 g/mol. The molecule has 3 atom stereocenters. The first-order valence-corrected chi connectivity index (χ1v) is 8.36. The summed E-state index contributed by atoms with van der Waals surface area (Å²) in [7, 11) is -0.995. The smallest absolute Gasteiger partial charge is 0.355 e. The number of thiazole rings is 1. The SMILES string of the molecule is CC(NC(=O)NCC(C)S(C)=O)c1nc(C(=O)O)cs1. The topological polar surface area (TPSA) is 108 Å². The zero-order valence-corrected chi connectivity index (χ0v) is 13.0. The number of carboxylic acid groups (broad SMARTS) is 1. The molecule has 0 aliphatic rings. The fourth-order valence-corrected chi connectivity index (χ4v) is 2.37. The van der Waals surface area contributed by atoms with Gasteiger partial charge in [-0.15, -0.1) is 11.3 Å². The number of carbonyl (C=O) groups excluding carboxylic acids is 1. The highest BCUT2D eigenvalue weighted by Crippen LogP contribution is 2.17. The van der Waals surface area contributed by atoms with Crippen LogP contribution < -0.4 is 10.6 Å². The Bertz CT molecular complexity index is 518. The van der Waals surface area contributed by atoms with Crippen molar-refractivity contribution in [2.45, 2.75) is 25.1 Å². The van der Waals surface area contributed by atoms with Crippen LogP contribution in [0, 0.1) is 0 Å². The van der Waals surface area contributed by atoms with Crippen LogP contribution in [0.15, 0.2) is 5.38 Å². The van der Waals surface area contributed by atoms with E-state index in [4.69, 9.17) is 5.11 Å². The number of nitrogens with one attached hydrogen (secondary N) is 2. The van der Waals surface area contributed by atoms with Crippen molar-refractivity contribution in [2.75, 3.05) is 12.8 Å². The quantitative estimate of drug-likeness (QED) is 0.724. The third kappa shape index (κ3) is 4.89. The van der Waals surface area contributed by atoms with Gasteiger partial charge in [0.05, 0.1) is 6.04 Å². The minimum Gasteiger partial charge on any atom is -0.476 e. The highest BCUT2D eigenvalue weighted by molar-refractivity contribution is 7.84. The summed E-state index contributed by atoms with van der Waals surface area (Å²) in [6, 6.07) is -0.794. The molecule has 0 aromatic carbocycles. The molecular weight excluding hydrogens is 302 g/mol. The molecule has 0 aliphatic carbocycles. The van der Waals surface area contributed by atoms with Gasteiger partial charge < -0.3 is 15.7 Å². The molecule has 2 amide bonds. The van der Waals surface area contributed by atoms with E-state index in [0.29, 0.717) is 11.6 Å². The summed E-state index contributed by atoms with van der Waals surface area (Å²) in [4.78, 5) is 26.3. The number of rotatable bonds is 6. The van der Waals surface area contributed by atoms with E-state index < -0.39 is 28.8 Å². The second-order valence-corrected chi connectivity index (χ2v) is 6.95. The Morgan fingerprint density at radius 3 is 2.65 bits per heavy atom. The predicted octanol–water partition coefficient (Wildman–Crippen LogP) is 0.968.